The maximum absolute atomic E-state index is 15.3. The van der Waals surface area contributed by atoms with Crippen molar-refractivity contribution in [2.24, 2.45) is 56.7 Å². The first kappa shape index (κ1) is 28.2. The van der Waals surface area contributed by atoms with E-state index in [0.29, 0.717) is 18.8 Å². The minimum atomic E-state index is -1.38. The lowest BCUT2D eigenvalue weighted by Gasteiger charge is -2.70. The third-order valence-electron chi connectivity index (χ3n) is 18.0. The summed E-state index contributed by atoms with van der Waals surface area (Å²) in [6.45, 7) is 6.35. The molecule has 1 aromatic rings. The van der Waals surface area contributed by atoms with Crippen molar-refractivity contribution < 1.29 is 42.9 Å². The zero-order valence-electron chi connectivity index (χ0n) is 27.9. The molecule has 9 nitrogen and oxygen atoms in total. The Kier molecular flexibility index (Phi) is 4.54. The summed E-state index contributed by atoms with van der Waals surface area (Å²) in [5.41, 5.74) is -4.22. The number of rotatable bonds is 1. The monoisotopic (exact) mass is 656 g/mol. The number of cyclic esters (lactones) is 2. The molecule has 6 saturated carbocycles. The lowest BCUT2D eigenvalue weighted by molar-refractivity contribution is -0.282. The Morgan fingerprint density at radius 2 is 1.75 bits per heavy atom. The third kappa shape index (κ3) is 2.31. The predicted octanol–water partition coefficient (Wildman–Crippen LogP) is 5.01. The molecule has 11 aliphatic rings. The topological polar surface area (TPSA) is 125 Å². The summed E-state index contributed by atoms with van der Waals surface area (Å²) in [7, 11) is 0. The van der Waals surface area contributed by atoms with Gasteiger partial charge >= 0.3 is 11.9 Å². The zero-order valence-corrected chi connectivity index (χ0v) is 27.9. The van der Waals surface area contributed by atoms with E-state index in [1.807, 2.05) is 13.0 Å². The van der Waals surface area contributed by atoms with Gasteiger partial charge in [-0.05, 0) is 98.5 Å². The Balaban J connectivity index is 1.21. The molecule has 0 radical (unpaired) electrons. The van der Waals surface area contributed by atoms with Crippen LogP contribution < -0.4 is 0 Å². The van der Waals surface area contributed by atoms with Crippen molar-refractivity contribution in [2.45, 2.75) is 120 Å². The van der Waals surface area contributed by atoms with Crippen molar-refractivity contribution in [3.8, 4) is 0 Å². The van der Waals surface area contributed by atoms with E-state index in [1.165, 1.54) is 5.57 Å². The molecule has 9 heteroatoms. The highest BCUT2D eigenvalue weighted by Gasteiger charge is 2.97. The van der Waals surface area contributed by atoms with Crippen molar-refractivity contribution in [3.63, 3.8) is 0 Å². The maximum atomic E-state index is 15.3. The summed E-state index contributed by atoms with van der Waals surface area (Å²) in [4.78, 5) is 44.0. The molecule has 6 aliphatic carbocycles. The van der Waals surface area contributed by atoms with Gasteiger partial charge in [-0.1, -0.05) is 32.8 Å². The maximum Gasteiger partial charge on any atom is 0.339 e. The molecule has 254 valence electrons. The molecule has 10 fully saturated rings. The molecule has 0 aromatic carbocycles. The van der Waals surface area contributed by atoms with E-state index in [-0.39, 0.29) is 41.0 Å². The summed E-state index contributed by atoms with van der Waals surface area (Å²) in [6.07, 6.45) is 12.4. The number of ketones is 1. The summed E-state index contributed by atoms with van der Waals surface area (Å²) in [5.74, 6) is -1.95. The average molecular weight is 657 g/mol. The van der Waals surface area contributed by atoms with E-state index in [0.717, 1.165) is 56.9 Å². The van der Waals surface area contributed by atoms with E-state index < -0.39 is 69.2 Å². The van der Waals surface area contributed by atoms with Crippen LogP contribution in [0.25, 0.3) is 0 Å². The van der Waals surface area contributed by atoms with E-state index in [4.69, 9.17) is 23.4 Å². The Morgan fingerprint density at radius 1 is 0.938 bits per heavy atom. The van der Waals surface area contributed by atoms with Crippen molar-refractivity contribution in [1.82, 2.24) is 0 Å². The number of ether oxygens (including phenoxy) is 4. The highest BCUT2D eigenvalue weighted by Crippen LogP contribution is 2.90. The molecule has 5 spiro atoms. The van der Waals surface area contributed by atoms with E-state index in [1.54, 1.807) is 12.5 Å². The molecule has 0 amide bonds. The molecule has 5 aliphatic heterocycles. The van der Waals surface area contributed by atoms with Crippen molar-refractivity contribution >= 4 is 17.7 Å². The van der Waals surface area contributed by atoms with Crippen molar-refractivity contribution in [1.29, 1.82) is 0 Å². The first-order valence-corrected chi connectivity index (χ1v) is 18.6. The number of hydrogen-bond donors (Lipinski definition) is 1. The molecule has 48 heavy (non-hydrogen) atoms. The normalized spacial score (nSPS) is 59.9. The van der Waals surface area contributed by atoms with Crippen LogP contribution in [0, 0.1) is 56.7 Å². The number of hydrogen-bond acceptors (Lipinski definition) is 9. The number of carbonyl (C=O) groups excluding carboxylic acids is 3. The number of Topliss-reactive ketones (excluding diaryl/α,β-unsaturated/α-hetero) is 1. The summed E-state index contributed by atoms with van der Waals surface area (Å²) in [6, 6.07) is 1.86. The van der Waals surface area contributed by atoms with Gasteiger partial charge in [-0.15, -0.1) is 0 Å². The summed E-state index contributed by atoms with van der Waals surface area (Å²) >= 11 is 0. The fourth-order valence-electron chi connectivity index (χ4n) is 17.3. The van der Waals surface area contributed by atoms with Gasteiger partial charge in [-0.3, -0.25) is 9.59 Å². The number of furan rings is 1. The quantitative estimate of drug-likeness (QED) is 0.253. The van der Waals surface area contributed by atoms with E-state index in [9.17, 15) is 14.7 Å². The van der Waals surface area contributed by atoms with Crippen LogP contribution in [-0.4, -0.2) is 58.4 Å². The van der Waals surface area contributed by atoms with Gasteiger partial charge in [0.25, 0.3) is 0 Å². The molecule has 6 heterocycles. The van der Waals surface area contributed by atoms with Crippen LogP contribution in [0.1, 0.15) is 96.6 Å². The molecule has 15 unspecified atom stereocenters. The van der Waals surface area contributed by atoms with Crippen LogP contribution in [0.5, 0.6) is 0 Å². The number of fused-ring (bicyclic) bond motifs is 2. The Labute approximate surface area is 279 Å². The van der Waals surface area contributed by atoms with Gasteiger partial charge in [0.1, 0.15) is 30.0 Å². The Morgan fingerprint density at radius 3 is 2.52 bits per heavy atom. The van der Waals surface area contributed by atoms with Crippen molar-refractivity contribution in [3.05, 3.63) is 35.8 Å². The highest BCUT2D eigenvalue weighted by atomic mass is 16.7. The van der Waals surface area contributed by atoms with E-state index >= 15 is 4.79 Å². The molecule has 12 rings (SSSR count). The van der Waals surface area contributed by atoms with Crippen LogP contribution in [0.4, 0.5) is 0 Å². The van der Waals surface area contributed by atoms with Gasteiger partial charge in [0.15, 0.2) is 11.9 Å². The molecule has 15 atom stereocenters. The molecule has 5 bridgehead atoms. The second kappa shape index (κ2) is 7.71. The van der Waals surface area contributed by atoms with Crippen LogP contribution >= 0.6 is 0 Å². The smallest absolute Gasteiger partial charge is 0.339 e. The second-order valence-electron chi connectivity index (χ2n) is 18.8. The largest absolute Gasteiger partial charge is 0.472 e. The Hall–Kier alpha value is -2.49. The summed E-state index contributed by atoms with van der Waals surface area (Å²) < 4.78 is 32.8. The van der Waals surface area contributed by atoms with Gasteiger partial charge < -0.3 is 28.5 Å². The number of aliphatic hydroxyl groups is 1. The second-order valence-corrected chi connectivity index (χ2v) is 18.8. The van der Waals surface area contributed by atoms with Crippen LogP contribution in [0.2, 0.25) is 0 Å². The number of epoxide rings is 1. The molecule has 4 saturated heterocycles. The number of esters is 2. The molecule has 1 aromatic heterocycles. The van der Waals surface area contributed by atoms with Gasteiger partial charge in [0.05, 0.1) is 35.4 Å². The first-order chi connectivity index (χ1) is 22.9. The summed E-state index contributed by atoms with van der Waals surface area (Å²) in [5, 5.41) is 12.8. The molecular formula is C39H44O9. The van der Waals surface area contributed by atoms with Crippen molar-refractivity contribution in [2.75, 3.05) is 6.61 Å². The Bertz CT molecular complexity index is 1790. The lowest BCUT2D eigenvalue weighted by atomic mass is 9.33. The molecular weight excluding hydrogens is 612 g/mol. The fraction of sp³-hybridized carbons (Fsp3) is 0.769. The van der Waals surface area contributed by atoms with Gasteiger partial charge in [-0.2, -0.15) is 0 Å². The van der Waals surface area contributed by atoms with Crippen LogP contribution in [0.3, 0.4) is 0 Å². The third-order valence-corrected chi connectivity index (χ3v) is 18.0. The highest BCUT2D eigenvalue weighted by molar-refractivity contribution is 5.93. The van der Waals surface area contributed by atoms with Gasteiger partial charge in [0, 0.05) is 16.4 Å². The molecule has 1 N–H and O–H groups in total. The van der Waals surface area contributed by atoms with Gasteiger partial charge in [0.2, 0.25) is 0 Å². The SMILES string of the molecule is CC12CC=C3CC4CCC5(CCCC5)C45CC4CC6(C)C(c7ccoc7)OC(=O)C7OC76C6(C)C(O)C(=O)C1C1(COC(=O)C5C31O2)C46. The number of aliphatic hydroxyl groups excluding tert-OH is 1. The number of carbonyl (C=O) groups is 3. The lowest BCUT2D eigenvalue weighted by Crippen LogP contribution is -2.80. The van der Waals surface area contributed by atoms with Crippen LogP contribution in [0.15, 0.2) is 34.7 Å². The van der Waals surface area contributed by atoms with Gasteiger partial charge in [-0.25, -0.2) is 4.79 Å². The minimum absolute atomic E-state index is 0.000372. The standard InChI is InChI=1S/C39H44O9/c1-32-15-20-16-36-21(7-12-35(36)9-4-5-10-35)14-22-6-11-33(2)25-23(40)27(41)34(3,24(20)37(25)18-45-30(42)26(36)38(22,37)48-33)39(32)29(47-39)31(43)46-28(32)19-8-13-44-17-19/h6,8,13,17,20-21,24-29,41H,4-5,7,9-12,14-16,18H2,1-3H3. The van der Waals surface area contributed by atoms with E-state index in [2.05, 4.69) is 19.9 Å². The zero-order chi connectivity index (χ0) is 32.6. The average Bonchev–Trinajstić information content (AvgIpc) is 3.36. The van der Waals surface area contributed by atoms with Crippen LogP contribution in [-0.2, 0) is 33.3 Å². The first-order valence-electron chi connectivity index (χ1n) is 18.6. The predicted molar refractivity (Wildman–Crippen MR) is 165 cm³/mol. The minimum Gasteiger partial charge on any atom is -0.472 e. The fourth-order valence-corrected chi connectivity index (χ4v) is 17.3.